The Bertz CT molecular complexity index is 495. The lowest BCUT2D eigenvalue weighted by Gasteiger charge is -2.16. The van der Waals surface area contributed by atoms with Gasteiger partial charge in [0.2, 0.25) is 0 Å². The first kappa shape index (κ1) is 13.6. The van der Waals surface area contributed by atoms with Crippen LogP contribution in [-0.2, 0) is 11.2 Å². The molecule has 0 spiro atoms. The standard InChI is InChI=1S/C13H18N2O4/c1-3-10-12(8(2)19-14-10)13(18)15-5-4-9(7-15)6-11(16)17/h9H,3-7H2,1-2H3,(H,16,17). The number of nitrogens with zero attached hydrogens (tertiary/aromatic N) is 2. The van der Waals surface area contributed by atoms with Crippen LogP contribution in [0.1, 0.15) is 41.6 Å². The van der Waals surface area contributed by atoms with E-state index in [0.29, 0.717) is 36.5 Å². The van der Waals surface area contributed by atoms with Crippen LogP contribution in [0.25, 0.3) is 0 Å². The van der Waals surface area contributed by atoms with Crippen molar-refractivity contribution in [3.05, 3.63) is 17.0 Å². The molecule has 19 heavy (non-hydrogen) atoms. The third-order valence-electron chi connectivity index (χ3n) is 3.52. The predicted molar refractivity (Wildman–Crippen MR) is 66.9 cm³/mol. The molecular weight excluding hydrogens is 248 g/mol. The second-order valence-electron chi connectivity index (χ2n) is 4.92. The second-order valence-corrected chi connectivity index (χ2v) is 4.92. The van der Waals surface area contributed by atoms with E-state index in [0.717, 1.165) is 6.42 Å². The summed E-state index contributed by atoms with van der Waals surface area (Å²) in [7, 11) is 0. The number of rotatable bonds is 4. The minimum Gasteiger partial charge on any atom is -0.481 e. The average molecular weight is 266 g/mol. The number of carbonyl (C=O) groups is 2. The van der Waals surface area contributed by atoms with E-state index < -0.39 is 5.97 Å². The fourth-order valence-electron chi connectivity index (χ4n) is 2.52. The van der Waals surface area contributed by atoms with Crippen molar-refractivity contribution in [2.45, 2.75) is 33.1 Å². The van der Waals surface area contributed by atoms with Gasteiger partial charge in [0.05, 0.1) is 5.69 Å². The minimum atomic E-state index is -0.810. The number of amides is 1. The van der Waals surface area contributed by atoms with Crippen LogP contribution in [0.15, 0.2) is 4.52 Å². The highest BCUT2D eigenvalue weighted by Gasteiger charge is 2.31. The molecule has 0 aliphatic carbocycles. The van der Waals surface area contributed by atoms with Crippen molar-refractivity contribution in [3.8, 4) is 0 Å². The SMILES string of the molecule is CCc1noc(C)c1C(=O)N1CCC(CC(=O)O)C1. The number of carbonyl (C=O) groups excluding carboxylic acids is 1. The Morgan fingerprint density at radius 3 is 2.89 bits per heavy atom. The van der Waals surface area contributed by atoms with E-state index in [1.165, 1.54) is 0 Å². The lowest BCUT2D eigenvalue weighted by Crippen LogP contribution is -2.30. The van der Waals surface area contributed by atoms with Crippen molar-refractivity contribution in [2.75, 3.05) is 13.1 Å². The van der Waals surface area contributed by atoms with Gasteiger partial charge in [-0.05, 0) is 25.7 Å². The van der Waals surface area contributed by atoms with Gasteiger partial charge in [-0.3, -0.25) is 9.59 Å². The van der Waals surface area contributed by atoms with Crippen molar-refractivity contribution in [1.29, 1.82) is 0 Å². The molecule has 1 unspecified atom stereocenters. The summed E-state index contributed by atoms with van der Waals surface area (Å²) in [4.78, 5) is 24.8. The highest BCUT2D eigenvalue weighted by atomic mass is 16.5. The highest BCUT2D eigenvalue weighted by Crippen LogP contribution is 2.24. The Morgan fingerprint density at radius 2 is 2.26 bits per heavy atom. The summed E-state index contributed by atoms with van der Waals surface area (Å²) < 4.78 is 5.07. The van der Waals surface area contributed by atoms with Gasteiger partial charge in [-0.2, -0.15) is 0 Å². The average Bonchev–Trinajstić information content (AvgIpc) is 2.94. The lowest BCUT2D eigenvalue weighted by molar-refractivity contribution is -0.138. The molecule has 104 valence electrons. The van der Waals surface area contributed by atoms with Gasteiger partial charge < -0.3 is 14.5 Å². The van der Waals surface area contributed by atoms with E-state index in [2.05, 4.69) is 5.16 Å². The van der Waals surface area contributed by atoms with E-state index in [1.807, 2.05) is 6.92 Å². The second kappa shape index (κ2) is 5.42. The van der Waals surface area contributed by atoms with E-state index in [-0.39, 0.29) is 18.2 Å². The molecule has 1 amide bonds. The Balaban J connectivity index is 2.09. The molecule has 1 aromatic heterocycles. The van der Waals surface area contributed by atoms with Gasteiger partial charge in [-0.25, -0.2) is 0 Å². The van der Waals surface area contributed by atoms with Gasteiger partial charge in [-0.15, -0.1) is 0 Å². The first-order valence-electron chi connectivity index (χ1n) is 6.49. The van der Waals surface area contributed by atoms with Crippen LogP contribution in [0.3, 0.4) is 0 Å². The third-order valence-corrected chi connectivity index (χ3v) is 3.52. The molecule has 0 saturated carbocycles. The number of carboxylic acid groups (broad SMARTS) is 1. The van der Waals surface area contributed by atoms with Crippen molar-refractivity contribution < 1.29 is 19.2 Å². The summed E-state index contributed by atoms with van der Waals surface area (Å²) >= 11 is 0. The topological polar surface area (TPSA) is 83.6 Å². The summed E-state index contributed by atoms with van der Waals surface area (Å²) in [5.74, 6) is -0.326. The molecule has 1 fully saturated rings. The number of likely N-dealkylation sites (tertiary alicyclic amines) is 1. The van der Waals surface area contributed by atoms with Crippen LogP contribution >= 0.6 is 0 Å². The van der Waals surface area contributed by atoms with Gasteiger partial charge >= 0.3 is 5.97 Å². The molecule has 2 rings (SSSR count). The third kappa shape index (κ3) is 2.77. The summed E-state index contributed by atoms with van der Waals surface area (Å²) in [6, 6.07) is 0. The Morgan fingerprint density at radius 1 is 1.53 bits per heavy atom. The van der Waals surface area contributed by atoms with Crippen LogP contribution < -0.4 is 0 Å². The first-order chi connectivity index (χ1) is 9.02. The largest absolute Gasteiger partial charge is 0.481 e. The zero-order valence-corrected chi connectivity index (χ0v) is 11.2. The van der Waals surface area contributed by atoms with Crippen molar-refractivity contribution in [2.24, 2.45) is 5.92 Å². The number of carboxylic acids is 1. The van der Waals surface area contributed by atoms with Crippen LogP contribution in [0.5, 0.6) is 0 Å². The fourth-order valence-corrected chi connectivity index (χ4v) is 2.52. The number of hydrogen-bond donors (Lipinski definition) is 1. The van der Waals surface area contributed by atoms with E-state index in [9.17, 15) is 9.59 Å². The Hall–Kier alpha value is -1.85. The Kier molecular flexibility index (Phi) is 3.87. The Labute approximate surface area is 111 Å². The molecular formula is C13H18N2O4. The highest BCUT2D eigenvalue weighted by molar-refractivity contribution is 5.96. The molecule has 6 heteroatoms. The number of aromatic nitrogens is 1. The van der Waals surface area contributed by atoms with Gasteiger partial charge in [0.15, 0.2) is 0 Å². The normalized spacial score (nSPS) is 18.8. The van der Waals surface area contributed by atoms with Crippen molar-refractivity contribution >= 4 is 11.9 Å². The monoisotopic (exact) mass is 266 g/mol. The van der Waals surface area contributed by atoms with Crippen LogP contribution in [0, 0.1) is 12.8 Å². The molecule has 0 aromatic carbocycles. The summed E-state index contributed by atoms with van der Waals surface area (Å²) in [5, 5.41) is 12.7. The molecule has 2 heterocycles. The lowest BCUT2D eigenvalue weighted by atomic mass is 10.1. The number of hydrogen-bond acceptors (Lipinski definition) is 4. The maximum atomic E-state index is 12.4. The zero-order valence-electron chi connectivity index (χ0n) is 11.2. The number of aryl methyl sites for hydroxylation is 2. The van der Waals surface area contributed by atoms with E-state index in [4.69, 9.17) is 9.63 Å². The van der Waals surface area contributed by atoms with Gasteiger partial charge in [0.25, 0.3) is 5.91 Å². The zero-order chi connectivity index (χ0) is 14.0. The molecule has 1 aliphatic heterocycles. The molecule has 1 N–H and O–H groups in total. The molecule has 6 nitrogen and oxygen atoms in total. The number of aliphatic carboxylic acids is 1. The van der Waals surface area contributed by atoms with E-state index >= 15 is 0 Å². The molecule has 0 bridgehead atoms. The van der Waals surface area contributed by atoms with Crippen LogP contribution in [0.2, 0.25) is 0 Å². The molecule has 1 atom stereocenters. The molecule has 0 radical (unpaired) electrons. The fraction of sp³-hybridized carbons (Fsp3) is 0.615. The first-order valence-corrected chi connectivity index (χ1v) is 6.49. The maximum absolute atomic E-state index is 12.4. The summed E-state index contributed by atoms with van der Waals surface area (Å²) in [6.45, 7) is 4.75. The maximum Gasteiger partial charge on any atom is 0.303 e. The van der Waals surface area contributed by atoms with Crippen LogP contribution in [-0.4, -0.2) is 40.1 Å². The predicted octanol–water partition coefficient (Wildman–Crippen LogP) is 1.48. The van der Waals surface area contributed by atoms with Crippen molar-refractivity contribution in [3.63, 3.8) is 0 Å². The van der Waals surface area contributed by atoms with Gasteiger partial charge in [0, 0.05) is 19.5 Å². The smallest absolute Gasteiger partial charge is 0.303 e. The molecule has 1 aromatic rings. The summed E-state index contributed by atoms with van der Waals surface area (Å²) in [6.07, 6.45) is 1.50. The minimum absolute atomic E-state index is 0.0479. The quantitative estimate of drug-likeness (QED) is 0.892. The van der Waals surface area contributed by atoms with E-state index in [1.54, 1.807) is 11.8 Å². The molecule has 1 aliphatic rings. The van der Waals surface area contributed by atoms with Gasteiger partial charge in [0.1, 0.15) is 11.3 Å². The van der Waals surface area contributed by atoms with Crippen molar-refractivity contribution in [1.82, 2.24) is 10.1 Å². The molecule has 1 saturated heterocycles. The summed E-state index contributed by atoms with van der Waals surface area (Å²) in [5.41, 5.74) is 1.21. The van der Waals surface area contributed by atoms with Crippen LogP contribution in [0.4, 0.5) is 0 Å². The van der Waals surface area contributed by atoms with Gasteiger partial charge in [-0.1, -0.05) is 12.1 Å².